The molecule has 1 amide bonds. The van der Waals surface area contributed by atoms with Gasteiger partial charge in [0, 0.05) is 10.6 Å². The molecule has 1 unspecified atom stereocenters. The number of hydrogen-bond acceptors (Lipinski definition) is 5. The topological polar surface area (TPSA) is 63.5 Å². The van der Waals surface area contributed by atoms with Crippen LogP contribution in [0.4, 0.5) is 4.79 Å². The van der Waals surface area contributed by atoms with Crippen LogP contribution in [-0.2, 0) is 9.47 Å². The number of carbonyl (C=O) groups excluding carboxylic acids is 1. The van der Waals surface area contributed by atoms with E-state index in [1.165, 1.54) is 4.90 Å². The molecule has 0 aliphatic carbocycles. The zero-order valence-electron chi connectivity index (χ0n) is 15.1. The van der Waals surface area contributed by atoms with Crippen LogP contribution in [0, 0.1) is 0 Å². The third kappa shape index (κ3) is 4.11. The monoisotopic (exact) mass is 385 g/mol. The highest BCUT2D eigenvalue weighted by Gasteiger charge is 2.38. The first kappa shape index (κ1) is 18.9. The highest BCUT2D eigenvalue weighted by atomic mass is 35.5. The van der Waals surface area contributed by atoms with E-state index in [9.17, 15) is 4.79 Å². The number of nitrogens with zero attached hydrogens (tertiary/aromatic N) is 3. The van der Waals surface area contributed by atoms with Crippen molar-refractivity contribution < 1.29 is 14.3 Å². The zero-order valence-corrected chi connectivity index (χ0v) is 15.9. The maximum atomic E-state index is 12.8. The number of halogens is 1. The van der Waals surface area contributed by atoms with Gasteiger partial charge in [0.2, 0.25) is 0 Å². The van der Waals surface area contributed by atoms with Crippen molar-refractivity contribution in [3.05, 3.63) is 70.7 Å². The van der Waals surface area contributed by atoms with E-state index in [2.05, 4.69) is 10.2 Å². The van der Waals surface area contributed by atoms with Crippen LogP contribution in [0.3, 0.4) is 0 Å². The van der Waals surface area contributed by atoms with E-state index in [4.69, 9.17) is 21.1 Å². The highest BCUT2D eigenvalue weighted by Crippen LogP contribution is 2.31. The van der Waals surface area contributed by atoms with E-state index in [1.54, 1.807) is 19.1 Å². The molecule has 0 saturated heterocycles. The molecular formula is C20H20ClN3O3. The summed E-state index contributed by atoms with van der Waals surface area (Å²) in [6, 6.07) is 16.4. The van der Waals surface area contributed by atoms with Crippen molar-refractivity contribution in [2.45, 2.75) is 19.9 Å². The highest BCUT2D eigenvalue weighted by molar-refractivity contribution is 6.30. The van der Waals surface area contributed by atoms with Crippen LogP contribution in [0.2, 0.25) is 5.02 Å². The molecule has 1 aliphatic rings. The average Bonchev–Trinajstić information content (AvgIpc) is 2.69. The molecule has 0 saturated carbocycles. The molecule has 1 aliphatic heterocycles. The van der Waals surface area contributed by atoms with Gasteiger partial charge in [-0.05, 0) is 31.5 Å². The van der Waals surface area contributed by atoms with Crippen LogP contribution < -0.4 is 0 Å². The van der Waals surface area contributed by atoms with E-state index in [0.717, 1.165) is 11.1 Å². The minimum Gasteiger partial charge on any atom is -0.464 e. The summed E-state index contributed by atoms with van der Waals surface area (Å²) in [4.78, 5) is 14.2. The van der Waals surface area contributed by atoms with Gasteiger partial charge in [0.05, 0.1) is 18.9 Å². The molecule has 1 heterocycles. The molecule has 7 heteroatoms. The number of hydrogen-bond donors (Lipinski definition) is 0. The van der Waals surface area contributed by atoms with E-state index in [1.807, 2.05) is 49.4 Å². The second-order valence-corrected chi connectivity index (χ2v) is 6.13. The van der Waals surface area contributed by atoms with Crippen molar-refractivity contribution in [2.24, 2.45) is 10.2 Å². The first-order valence-electron chi connectivity index (χ1n) is 8.70. The Balaban J connectivity index is 2.14. The fourth-order valence-corrected chi connectivity index (χ4v) is 2.94. The predicted molar refractivity (Wildman–Crippen MR) is 105 cm³/mol. The molecule has 0 N–H and O–H groups in total. The van der Waals surface area contributed by atoms with E-state index in [0.29, 0.717) is 17.3 Å². The number of ether oxygens (including phenoxy) is 2. The summed E-state index contributed by atoms with van der Waals surface area (Å²) >= 11 is 6.05. The third-order valence-electron chi connectivity index (χ3n) is 3.96. The van der Waals surface area contributed by atoms with Crippen molar-refractivity contribution in [3.8, 4) is 0 Å². The van der Waals surface area contributed by atoms with Crippen molar-refractivity contribution in [1.82, 2.24) is 4.90 Å². The van der Waals surface area contributed by atoms with E-state index >= 15 is 0 Å². The fourth-order valence-electron chi connectivity index (χ4n) is 2.81. The summed E-state index contributed by atoms with van der Waals surface area (Å²) in [5, 5.41) is 9.11. The van der Waals surface area contributed by atoms with Gasteiger partial charge in [-0.3, -0.25) is 0 Å². The molecule has 6 nitrogen and oxygen atoms in total. The molecule has 3 rings (SSSR count). The van der Waals surface area contributed by atoms with Crippen LogP contribution in [0.25, 0.3) is 0 Å². The first-order valence-corrected chi connectivity index (χ1v) is 9.08. The van der Waals surface area contributed by atoms with Gasteiger partial charge in [0.25, 0.3) is 0 Å². The minimum atomic E-state index is -0.553. The van der Waals surface area contributed by atoms with Gasteiger partial charge in [-0.25, -0.2) is 9.69 Å². The molecule has 140 valence electrons. The Hall–Kier alpha value is -2.86. The van der Waals surface area contributed by atoms with Crippen molar-refractivity contribution in [2.75, 3.05) is 13.2 Å². The Kier molecular flexibility index (Phi) is 6.08. The molecular weight excluding hydrogens is 366 g/mol. The number of rotatable bonds is 4. The maximum absolute atomic E-state index is 12.8. The Morgan fingerprint density at radius 2 is 1.74 bits per heavy atom. The summed E-state index contributed by atoms with van der Waals surface area (Å²) in [6.07, 6.45) is -0.548. The van der Waals surface area contributed by atoms with Crippen LogP contribution in [-0.4, -0.2) is 35.9 Å². The summed E-state index contributed by atoms with van der Waals surface area (Å²) in [7, 11) is 0. The Labute approximate surface area is 163 Å². The van der Waals surface area contributed by atoms with Gasteiger partial charge < -0.3 is 9.47 Å². The molecule has 0 spiro atoms. The second-order valence-electron chi connectivity index (χ2n) is 5.69. The molecule has 2 aromatic carbocycles. The average molecular weight is 386 g/mol. The van der Waals surface area contributed by atoms with Gasteiger partial charge >= 0.3 is 12.1 Å². The minimum absolute atomic E-state index is 0.107. The van der Waals surface area contributed by atoms with E-state index < -0.39 is 12.1 Å². The van der Waals surface area contributed by atoms with Crippen LogP contribution in [0.5, 0.6) is 0 Å². The molecule has 27 heavy (non-hydrogen) atoms. The van der Waals surface area contributed by atoms with Crippen LogP contribution in [0.1, 0.15) is 31.0 Å². The quantitative estimate of drug-likeness (QED) is 0.769. The number of benzene rings is 2. The van der Waals surface area contributed by atoms with Gasteiger partial charge in [0.1, 0.15) is 6.04 Å². The summed E-state index contributed by atoms with van der Waals surface area (Å²) in [5.74, 6) is 0. The van der Waals surface area contributed by atoms with Gasteiger partial charge in [0.15, 0.2) is 0 Å². The lowest BCUT2D eigenvalue weighted by atomic mass is 9.95. The van der Waals surface area contributed by atoms with Crippen molar-refractivity contribution in [3.63, 3.8) is 0 Å². The van der Waals surface area contributed by atoms with Crippen LogP contribution in [0.15, 0.2) is 64.8 Å². The summed E-state index contributed by atoms with van der Waals surface area (Å²) in [5.41, 5.74) is 2.29. The molecule has 0 radical (unpaired) electrons. The predicted octanol–water partition coefficient (Wildman–Crippen LogP) is 4.65. The largest absolute Gasteiger partial charge is 0.464 e. The Morgan fingerprint density at radius 1 is 1.04 bits per heavy atom. The van der Waals surface area contributed by atoms with Gasteiger partial charge in [-0.2, -0.15) is 0 Å². The molecule has 0 fully saturated rings. The molecule has 2 aromatic rings. The third-order valence-corrected chi connectivity index (χ3v) is 4.21. The van der Waals surface area contributed by atoms with Gasteiger partial charge in [-0.1, -0.05) is 59.2 Å². The fraction of sp³-hybridized carbons (Fsp3) is 0.250. The summed E-state index contributed by atoms with van der Waals surface area (Å²) in [6.45, 7) is 4.15. The van der Waals surface area contributed by atoms with Crippen molar-refractivity contribution >= 4 is 29.4 Å². The SMILES string of the molecule is CCOC(=O)N1C(OCC)=NN=C(c2ccccc2)C1c1ccc(Cl)cc1. The van der Waals surface area contributed by atoms with E-state index in [-0.39, 0.29) is 12.6 Å². The maximum Gasteiger partial charge on any atom is 0.418 e. The number of amides is 1. The Bertz CT molecular complexity index is 851. The van der Waals surface area contributed by atoms with Crippen molar-refractivity contribution in [1.29, 1.82) is 0 Å². The molecule has 0 aromatic heterocycles. The lowest BCUT2D eigenvalue weighted by molar-refractivity contribution is 0.111. The Morgan fingerprint density at radius 3 is 2.37 bits per heavy atom. The molecule has 0 bridgehead atoms. The second kappa shape index (κ2) is 8.68. The summed E-state index contributed by atoms with van der Waals surface area (Å²) < 4.78 is 10.8. The smallest absolute Gasteiger partial charge is 0.418 e. The first-order chi connectivity index (χ1) is 13.2. The number of carbonyl (C=O) groups is 1. The zero-order chi connectivity index (χ0) is 19.2. The lowest BCUT2D eigenvalue weighted by Crippen LogP contribution is -2.46. The van der Waals surface area contributed by atoms with Crippen LogP contribution >= 0.6 is 11.6 Å². The standard InChI is InChI=1S/C20H20ClN3O3/c1-3-26-19-23-22-17(14-8-6-5-7-9-14)18(24(19)20(25)27-4-2)15-10-12-16(21)13-11-15/h5-13,18H,3-4H2,1-2H3. The number of amidine groups is 1. The lowest BCUT2D eigenvalue weighted by Gasteiger charge is -2.33. The van der Waals surface area contributed by atoms with Gasteiger partial charge in [-0.15, -0.1) is 5.10 Å². The normalized spacial score (nSPS) is 16.4. The molecule has 1 atom stereocenters.